The van der Waals surface area contributed by atoms with Crippen LogP contribution in [0.5, 0.6) is 0 Å². The molecule has 10 heteroatoms. The van der Waals surface area contributed by atoms with Crippen molar-refractivity contribution in [3.8, 4) is 0 Å². The molecule has 0 aromatic carbocycles. The smallest absolute Gasteiger partial charge is 0.251 e. The van der Waals surface area contributed by atoms with Gasteiger partial charge in [0, 0.05) is 19.0 Å². The van der Waals surface area contributed by atoms with Crippen molar-refractivity contribution >= 4 is 25.3 Å². The predicted molar refractivity (Wildman–Crippen MR) is 98.4 cm³/mol. The van der Waals surface area contributed by atoms with Gasteiger partial charge in [-0.1, -0.05) is 44.4 Å². The van der Waals surface area contributed by atoms with E-state index < -0.39 is 5.03 Å². The first-order valence-electron chi connectivity index (χ1n) is 8.76. The van der Waals surface area contributed by atoms with Gasteiger partial charge in [0.15, 0.2) is 12.3 Å². The zero-order valence-corrected chi connectivity index (χ0v) is 14.9. The summed E-state index contributed by atoms with van der Waals surface area (Å²) in [5.41, 5.74) is 7.07. The standard InChI is InChI=1S/C15H29BN5O4/c1-2-3-4-5-6-9-18-14(23)13(11-16-12-22)8-7-10-19-15(17)20-21(24)25/h12-13H,2-11H2,1H3,(H,18,23)(H3,17,19,20)/t13-/m1/s1. The second-order valence-corrected chi connectivity index (χ2v) is 5.79. The minimum absolute atomic E-state index is 0.0750. The average Bonchev–Trinajstić information content (AvgIpc) is 2.56. The number of nitro groups is 1. The van der Waals surface area contributed by atoms with Crippen LogP contribution in [0, 0.1) is 16.0 Å². The normalized spacial score (nSPS) is 12.3. The highest BCUT2D eigenvalue weighted by atomic mass is 16.7. The first kappa shape index (κ1) is 22.9. The van der Waals surface area contributed by atoms with Crippen LogP contribution < -0.4 is 16.5 Å². The van der Waals surface area contributed by atoms with E-state index in [1.54, 1.807) is 5.43 Å². The molecule has 0 aromatic rings. The van der Waals surface area contributed by atoms with Gasteiger partial charge in [0.25, 0.3) is 5.96 Å². The first-order valence-corrected chi connectivity index (χ1v) is 8.76. The molecule has 0 unspecified atom stereocenters. The number of rotatable bonds is 15. The minimum Gasteiger partial charge on any atom is -0.365 e. The van der Waals surface area contributed by atoms with Crippen LogP contribution in [0.15, 0.2) is 4.99 Å². The predicted octanol–water partition coefficient (Wildman–Crippen LogP) is 0.878. The third-order valence-electron chi connectivity index (χ3n) is 3.67. The number of hydrogen-bond donors (Lipinski definition) is 3. The van der Waals surface area contributed by atoms with Crippen molar-refractivity contribution in [2.75, 3.05) is 13.1 Å². The molecule has 9 nitrogen and oxygen atoms in total. The summed E-state index contributed by atoms with van der Waals surface area (Å²) in [5, 5.41) is 12.3. The SMILES string of the molecule is CCCCCCCNC(=O)[C@@H](C[B]C=O)CCCN=C(N)N[N+](=O)[O-]. The number of amides is 1. The van der Waals surface area contributed by atoms with E-state index in [2.05, 4.69) is 17.2 Å². The number of nitrogens with one attached hydrogen (secondary N) is 2. The van der Waals surface area contributed by atoms with Crippen LogP contribution in [0.1, 0.15) is 51.9 Å². The summed E-state index contributed by atoms with van der Waals surface area (Å²) in [5.74, 6) is -0.646. The zero-order valence-electron chi connectivity index (χ0n) is 14.9. The fourth-order valence-corrected chi connectivity index (χ4v) is 2.33. The number of nitrogens with zero attached hydrogens (tertiary/aromatic N) is 2. The number of nitrogens with two attached hydrogens (primary N) is 1. The number of hydrazine groups is 1. The Bertz CT molecular complexity index is 434. The van der Waals surface area contributed by atoms with Gasteiger partial charge in [-0.15, -0.1) is 0 Å². The lowest BCUT2D eigenvalue weighted by molar-refractivity contribution is -0.525. The number of unbranched alkanes of at least 4 members (excludes halogenated alkanes) is 4. The molecule has 1 radical (unpaired) electrons. The summed E-state index contributed by atoms with van der Waals surface area (Å²) in [4.78, 5) is 36.7. The topological polar surface area (TPSA) is 140 Å². The molecule has 141 valence electrons. The Labute approximate surface area is 149 Å². The van der Waals surface area contributed by atoms with Crippen LogP contribution in [0.3, 0.4) is 0 Å². The highest BCUT2D eigenvalue weighted by Gasteiger charge is 2.17. The summed E-state index contributed by atoms with van der Waals surface area (Å²) in [6, 6.07) is 0. The molecule has 0 aliphatic carbocycles. The molecule has 25 heavy (non-hydrogen) atoms. The maximum atomic E-state index is 12.2. The Balaban J connectivity index is 4.14. The number of hydrogen-bond acceptors (Lipinski definition) is 5. The Morgan fingerprint density at radius 2 is 2.04 bits per heavy atom. The summed E-state index contributed by atoms with van der Waals surface area (Å²) >= 11 is 0. The molecule has 0 aromatic heterocycles. The van der Waals surface area contributed by atoms with E-state index in [0.717, 1.165) is 12.8 Å². The van der Waals surface area contributed by atoms with Crippen molar-refractivity contribution in [3.63, 3.8) is 0 Å². The van der Waals surface area contributed by atoms with Crippen molar-refractivity contribution < 1.29 is 14.6 Å². The maximum Gasteiger partial charge on any atom is 0.251 e. The highest BCUT2D eigenvalue weighted by Crippen LogP contribution is 2.12. The van der Waals surface area contributed by atoms with Gasteiger partial charge < -0.3 is 15.8 Å². The van der Waals surface area contributed by atoms with Gasteiger partial charge in [-0.2, -0.15) is 0 Å². The Hall–Kier alpha value is -2.13. The maximum absolute atomic E-state index is 12.2. The van der Waals surface area contributed by atoms with Gasteiger partial charge in [-0.05, 0) is 19.3 Å². The number of aliphatic imine (C=N–C) groups is 1. The van der Waals surface area contributed by atoms with Crippen LogP contribution in [0.2, 0.25) is 6.32 Å². The lowest BCUT2D eigenvalue weighted by atomic mass is 9.70. The quantitative estimate of drug-likeness (QED) is 0.0758. The number of carbonyl (C=O) groups is 2. The zero-order chi connectivity index (χ0) is 18.9. The van der Waals surface area contributed by atoms with Gasteiger partial charge in [-0.3, -0.25) is 4.79 Å². The molecule has 0 bridgehead atoms. The molecular weight excluding hydrogens is 325 g/mol. The van der Waals surface area contributed by atoms with Crippen LogP contribution >= 0.6 is 0 Å². The molecule has 0 fully saturated rings. The van der Waals surface area contributed by atoms with Crippen molar-refractivity contribution in [2.24, 2.45) is 16.6 Å². The molecule has 1 amide bonds. The molecule has 0 aliphatic heterocycles. The van der Waals surface area contributed by atoms with Crippen molar-refractivity contribution in [1.82, 2.24) is 10.7 Å². The Kier molecular flexibility index (Phi) is 14.1. The molecule has 4 N–H and O–H groups in total. The molecule has 0 saturated carbocycles. The van der Waals surface area contributed by atoms with Gasteiger partial charge >= 0.3 is 0 Å². The van der Waals surface area contributed by atoms with E-state index in [0.29, 0.717) is 31.9 Å². The molecule has 0 saturated heterocycles. The fourth-order valence-electron chi connectivity index (χ4n) is 2.33. The van der Waals surface area contributed by atoms with E-state index in [4.69, 9.17) is 5.73 Å². The number of carbonyl (C=O) groups excluding carboxylic acids is 2. The molecule has 0 rings (SSSR count). The minimum atomic E-state index is -0.783. The third-order valence-corrected chi connectivity index (χ3v) is 3.67. The third kappa shape index (κ3) is 14.0. The summed E-state index contributed by atoms with van der Waals surface area (Å²) in [6.07, 6.45) is 7.73. The second kappa shape index (κ2) is 15.4. The molecular formula is C15H29BN5O4. The Morgan fingerprint density at radius 1 is 1.32 bits per heavy atom. The number of guanidine groups is 1. The van der Waals surface area contributed by atoms with E-state index >= 15 is 0 Å². The lowest BCUT2D eigenvalue weighted by Crippen LogP contribution is -2.36. The van der Waals surface area contributed by atoms with Crippen molar-refractivity contribution in [1.29, 1.82) is 0 Å². The second-order valence-electron chi connectivity index (χ2n) is 5.79. The first-order chi connectivity index (χ1) is 12.0. The van der Waals surface area contributed by atoms with E-state index in [1.807, 2.05) is 0 Å². The highest BCUT2D eigenvalue weighted by molar-refractivity contribution is 6.66. The molecule has 0 aliphatic rings. The van der Waals surface area contributed by atoms with Gasteiger partial charge in [-0.25, -0.2) is 15.1 Å². The summed E-state index contributed by atoms with van der Waals surface area (Å²) in [7, 11) is 1.43. The van der Waals surface area contributed by atoms with Crippen LogP contribution in [-0.4, -0.2) is 43.5 Å². The van der Waals surface area contributed by atoms with Crippen molar-refractivity contribution in [3.05, 3.63) is 10.1 Å². The van der Waals surface area contributed by atoms with Crippen molar-refractivity contribution in [2.45, 2.75) is 58.2 Å². The fraction of sp³-hybridized carbons (Fsp3) is 0.800. The summed E-state index contributed by atoms with van der Waals surface area (Å²) < 4.78 is 0. The molecule has 0 heterocycles. The lowest BCUT2D eigenvalue weighted by Gasteiger charge is -2.15. The Morgan fingerprint density at radius 3 is 2.68 bits per heavy atom. The van der Waals surface area contributed by atoms with Crippen LogP contribution in [0.4, 0.5) is 0 Å². The molecule has 1 atom stereocenters. The average molecular weight is 354 g/mol. The van der Waals surface area contributed by atoms with Gasteiger partial charge in [0.1, 0.15) is 0 Å². The van der Waals surface area contributed by atoms with Gasteiger partial charge in [0.05, 0.1) is 6.19 Å². The molecule has 0 spiro atoms. The van der Waals surface area contributed by atoms with Gasteiger partial charge in [0.2, 0.25) is 5.91 Å². The van der Waals surface area contributed by atoms with Crippen LogP contribution in [-0.2, 0) is 9.59 Å². The van der Waals surface area contributed by atoms with Crippen LogP contribution in [0.25, 0.3) is 0 Å². The van der Waals surface area contributed by atoms with E-state index in [1.165, 1.54) is 26.5 Å². The summed E-state index contributed by atoms with van der Waals surface area (Å²) in [6.45, 7) is 3.06. The monoisotopic (exact) mass is 354 g/mol. The van der Waals surface area contributed by atoms with E-state index in [9.17, 15) is 19.7 Å². The van der Waals surface area contributed by atoms with E-state index in [-0.39, 0.29) is 24.3 Å². The largest absolute Gasteiger partial charge is 0.365 e.